The zero-order chi connectivity index (χ0) is 10.8. The van der Waals surface area contributed by atoms with Crippen LogP contribution in [-0.2, 0) is 4.79 Å². The Morgan fingerprint density at radius 3 is 2.36 bits per heavy atom. The van der Waals surface area contributed by atoms with Crippen molar-refractivity contribution < 1.29 is 9.53 Å². The Morgan fingerprint density at radius 1 is 1.29 bits per heavy atom. The fraction of sp³-hybridized carbons (Fsp3) is 0.125. The largest absolute Gasteiger partial charge is 0.449 e. The molecule has 0 unspecified atom stereocenters. The van der Waals surface area contributed by atoms with Gasteiger partial charge in [0.2, 0.25) is 0 Å². The molecule has 14 heavy (non-hydrogen) atoms. The van der Waals surface area contributed by atoms with Crippen LogP contribution in [0.5, 0.6) is 5.75 Å². The fourth-order valence-electron chi connectivity index (χ4n) is 0.706. The topological polar surface area (TPSA) is 26.3 Å². The van der Waals surface area contributed by atoms with Gasteiger partial charge in [-0.3, -0.25) is 4.79 Å². The number of benzene rings is 1. The van der Waals surface area contributed by atoms with Crippen LogP contribution in [0.25, 0.3) is 0 Å². The van der Waals surface area contributed by atoms with E-state index >= 15 is 0 Å². The molecule has 0 saturated carbocycles. The molecule has 0 aromatic heterocycles. The van der Waals surface area contributed by atoms with Gasteiger partial charge in [-0.1, -0.05) is 23.7 Å². The first-order valence-electron chi connectivity index (χ1n) is 3.45. The average molecular weight is 274 g/mol. The predicted octanol–water partition coefficient (Wildman–Crippen LogP) is 3.62. The summed E-state index contributed by atoms with van der Waals surface area (Å²) < 4.78 is 2.79. The molecule has 1 aromatic rings. The third-order valence-corrected chi connectivity index (χ3v) is 2.57. The predicted molar refractivity (Wildman–Crippen MR) is 57.4 cm³/mol. The lowest BCUT2D eigenvalue weighted by Gasteiger charge is -2.17. The Balaban J connectivity index is 2.89. The Bertz CT molecular complexity index is 351. The van der Waals surface area contributed by atoms with Crippen LogP contribution in [0, 0.1) is 0 Å². The molecule has 76 valence electrons. The standard InChI is InChI=1S/C8H4Cl4O2/c9-5-3-1-2-4-6(5)14-8(11,12)7(10)13/h1-4H. The van der Waals surface area contributed by atoms with Crippen LogP contribution in [0.2, 0.25) is 5.02 Å². The molecule has 0 aliphatic heterocycles. The Hall–Kier alpha value is -0.150. The summed E-state index contributed by atoms with van der Waals surface area (Å²) in [6, 6.07) is 6.44. The number of carbonyl (C=O) groups is 1. The number of rotatable bonds is 3. The number of alkyl halides is 2. The van der Waals surface area contributed by atoms with Gasteiger partial charge >= 0.3 is 4.52 Å². The first-order valence-corrected chi connectivity index (χ1v) is 4.96. The number of ether oxygens (including phenoxy) is 1. The van der Waals surface area contributed by atoms with E-state index in [2.05, 4.69) is 0 Å². The second-order valence-electron chi connectivity index (χ2n) is 2.32. The molecule has 0 aliphatic carbocycles. The second-order valence-corrected chi connectivity index (χ2v) is 4.33. The summed E-state index contributed by atoms with van der Waals surface area (Å²) in [5.74, 6) is 0.188. The van der Waals surface area contributed by atoms with Gasteiger partial charge < -0.3 is 4.74 Å². The lowest BCUT2D eigenvalue weighted by atomic mass is 10.3. The van der Waals surface area contributed by atoms with Crippen molar-refractivity contribution in [3.05, 3.63) is 29.3 Å². The molecule has 2 nitrogen and oxygen atoms in total. The third-order valence-electron chi connectivity index (χ3n) is 1.30. The zero-order valence-corrected chi connectivity index (χ0v) is 9.66. The van der Waals surface area contributed by atoms with Gasteiger partial charge in [-0.05, 0) is 46.9 Å². The quantitative estimate of drug-likeness (QED) is 0.621. The number of hydrogen-bond donors (Lipinski definition) is 0. The fourth-order valence-corrected chi connectivity index (χ4v) is 1.08. The molecule has 6 heteroatoms. The van der Waals surface area contributed by atoms with Crippen LogP contribution in [0.15, 0.2) is 24.3 Å². The highest BCUT2D eigenvalue weighted by molar-refractivity contribution is 6.77. The van der Waals surface area contributed by atoms with Gasteiger partial charge in [0.25, 0.3) is 5.24 Å². The Morgan fingerprint density at radius 2 is 1.86 bits per heavy atom. The van der Waals surface area contributed by atoms with Crippen LogP contribution in [0.3, 0.4) is 0 Å². The minimum atomic E-state index is -2.12. The second kappa shape index (κ2) is 4.58. The van der Waals surface area contributed by atoms with E-state index in [0.717, 1.165) is 0 Å². The summed E-state index contributed by atoms with van der Waals surface area (Å²) in [5.41, 5.74) is 0. The van der Waals surface area contributed by atoms with Crippen LogP contribution in [0.1, 0.15) is 0 Å². The summed E-state index contributed by atoms with van der Waals surface area (Å²) >= 11 is 21.8. The molecule has 1 rings (SSSR count). The number of halogens is 4. The maximum atomic E-state index is 10.7. The van der Waals surface area contributed by atoms with Gasteiger partial charge in [0.1, 0.15) is 5.75 Å². The van der Waals surface area contributed by atoms with Gasteiger partial charge in [-0.25, -0.2) is 0 Å². The summed E-state index contributed by atoms with van der Waals surface area (Å²) in [4.78, 5) is 10.7. The lowest BCUT2D eigenvalue weighted by Crippen LogP contribution is -2.28. The number of hydrogen-bond acceptors (Lipinski definition) is 2. The monoisotopic (exact) mass is 272 g/mol. The minimum Gasteiger partial charge on any atom is -0.449 e. The van der Waals surface area contributed by atoms with Crippen LogP contribution >= 0.6 is 46.4 Å². The number of para-hydroxylation sites is 1. The van der Waals surface area contributed by atoms with E-state index in [0.29, 0.717) is 0 Å². The van der Waals surface area contributed by atoms with E-state index in [4.69, 9.17) is 51.1 Å². The molecular weight excluding hydrogens is 270 g/mol. The molecule has 0 heterocycles. The minimum absolute atomic E-state index is 0.188. The normalized spacial score (nSPS) is 11.1. The van der Waals surface area contributed by atoms with Crippen molar-refractivity contribution in [1.29, 1.82) is 0 Å². The molecule has 0 atom stereocenters. The highest BCUT2D eigenvalue weighted by atomic mass is 35.5. The highest BCUT2D eigenvalue weighted by Crippen LogP contribution is 2.32. The highest BCUT2D eigenvalue weighted by Gasteiger charge is 2.35. The van der Waals surface area contributed by atoms with E-state index in [-0.39, 0.29) is 10.8 Å². The Labute approximate surface area is 101 Å². The van der Waals surface area contributed by atoms with E-state index in [1.54, 1.807) is 18.2 Å². The van der Waals surface area contributed by atoms with Crippen molar-refractivity contribution in [2.45, 2.75) is 4.52 Å². The van der Waals surface area contributed by atoms with Gasteiger partial charge in [-0.15, -0.1) is 0 Å². The van der Waals surface area contributed by atoms with E-state index in [1.807, 2.05) is 0 Å². The molecule has 0 N–H and O–H groups in total. The molecule has 0 fully saturated rings. The van der Waals surface area contributed by atoms with Crippen molar-refractivity contribution in [2.75, 3.05) is 0 Å². The summed E-state index contributed by atoms with van der Waals surface area (Å²) in [7, 11) is 0. The zero-order valence-electron chi connectivity index (χ0n) is 6.64. The van der Waals surface area contributed by atoms with Crippen LogP contribution in [0.4, 0.5) is 0 Å². The van der Waals surface area contributed by atoms with E-state index in [1.165, 1.54) is 6.07 Å². The average Bonchev–Trinajstić information content (AvgIpc) is 2.08. The maximum absolute atomic E-state index is 10.7. The molecule has 1 aromatic carbocycles. The molecule has 0 bridgehead atoms. The van der Waals surface area contributed by atoms with E-state index in [9.17, 15) is 4.79 Å². The van der Waals surface area contributed by atoms with Gasteiger partial charge in [0, 0.05) is 0 Å². The molecule has 0 radical (unpaired) electrons. The SMILES string of the molecule is O=C(Cl)C(Cl)(Cl)Oc1ccccc1Cl. The summed E-state index contributed by atoms with van der Waals surface area (Å²) in [6.07, 6.45) is 0. The van der Waals surface area contributed by atoms with Crippen molar-refractivity contribution in [3.63, 3.8) is 0 Å². The van der Waals surface area contributed by atoms with Crippen molar-refractivity contribution in [3.8, 4) is 5.75 Å². The van der Waals surface area contributed by atoms with Gasteiger partial charge in [-0.2, -0.15) is 0 Å². The Kier molecular flexibility index (Phi) is 3.90. The summed E-state index contributed by atoms with van der Waals surface area (Å²) in [6.45, 7) is 0. The smallest absolute Gasteiger partial charge is 0.334 e. The first-order chi connectivity index (χ1) is 6.43. The third kappa shape index (κ3) is 2.92. The molecule has 0 spiro atoms. The maximum Gasteiger partial charge on any atom is 0.334 e. The molecular formula is C8H4Cl4O2. The molecule has 0 amide bonds. The molecule has 0 saturated heterocycles. The van der Waals surface area contributed by atoms with Crippen molar-refractivity contribution in [1.82, 2.24) is 0 Å². The van der Waals surface area contributed by atoms with Crippen LogP contribution < -0.4 is 4.74 Å². The van der Waals surface area contributed by atoms with Crippen LogP contribution in [-0.4, -0.2) is 9.76 Å². The lowest BCUT2D eigenvalue weighted by molar-refractivity contribution is -0.116. The van der Waals surface area contributed by atoms with Gasteiger partial charge in [0.05, 0.1) is 5.02 Å². The van der Waals surface area contributed by atoms with Crippen molar-refractivity contribution in [2.24, 2.45) is 0 Å². The van der Waals surface area contributed by atoms with E-state index < -0.39 is 9.76 Å². The van der Waals surface area contributed by atoms with Gasteiger partial charge in [0.15, 0.2) is 0 Å². The van der Waals surface area contributed by atoms with Crippen molar-refractivity contribution >= 4 is 51.6 Å². The first kappa shape index (κ1) is 11.9. The summed E-state index contributed by atoms with van der Waals surface area (Å²) in [5, 5.41) is -0.739. The molecule has 0 aliphatic rings. The number of carbonyl (C=O) groups excluding carboxylic acids is 1.